The fourth-order valence-corrected chi connectivity index (χ4v) is 2.09. The standard InChI is InChI=1S/C11H13NO2.6ClH.Pt/c1-12-3-2-8-4-10-11(14-7-13-10)5-9(8)6-12;;;;;;;/h4-5H,2-3,6-7H2,1H3;6*1H;/q;;;;;;;+4/p-4. The number of fused-ring (bicyclic) bond motifs is 2. The van der Waals surface area contributed by atoms with Crippen molar-refractivity contribution in [2.24, 2.45) is 0 Å². The molecule has 2 heterocycles. The van der Waals surface area contributed by atoms with Crippen molar-refractivity contribution < 1.29 is 108 Å². The molecule has 0 saturated heterocycles. The molecular weight excluding hydrogens is 586 g/mol. The summed E-state index contributed by atoms with van der Waals surface area (Å²) in [5.41, 5.74) is 2.79. The zero-order valence-electron chi connectivity index (χ0n) is 12.8. The maximum atomic E-state index is 5.36. The fourth-order valence-electron chi connectivity index (χ4n) is 2.09. The Morgan fingerprint density at radius 2 is 1.38 bits per heavy atom. The molecule has 0 fully saturated rings. The van der Waals surface area contributed by atoms with Crippen LogP contribution in [0.3, 0.4) is 0 Å². The summed E-state index contributed by atoms with van der Waals surface area (Å²) in [5, 5.41) is 0. The molecule has 0 spiro atoms. The number of hydrogen-bond donors (Lipinski definition) is 0. The van der Waals surface area contributed by atoms with E-state index in [4.69, 9.17) is 9.47 Å². The second kappa shape index (κ2) is 14.8. The molecule has 1 aromatic carbocycles. The second-order valence-electron chi connectivity index (χ2n) is 3.96. The van der Waals surface area contributed by atoms with Gasteiger partial charge in [-0.25, -0.2) is 0 Å². The molecule has 21 heavy (non-hydrogen) atoms. The van der Waals surface area contributed by atoms with Crippen LogP contribution in [0.15, 0.2) is 12.1 Å². The van der Waals surface area contributed by atoms with Crippen LogP contribution in [0.25, 0.3) is 0 Å². The summed E-state index contributed by atoms with van der Waals surface area (Å²) in [4.78, 5) is 2.32. The predicted octanol–water partition coefficient (Wildman–Crippen LogP) is -16.4. The Morgan fingerprint density at radius 3 is 1.90 bits per heavy atom. The largest absolute Gasteiger partial charge is 4.00 e. The summed E-state index contributed by atoms with van der Waals surface area (Å²) in [7, 11) is 2.15. The zero-order valence-corrected chi connectivity index (χ0v) is 17.6. The van der Waals surface area contributed by atoms with Gasteiger partial charge < -0.3 is 88.8 Å². The second-order valence-corrected chi connectivity index (χ2v) is 3.96. The molecule has 0 saturated carbocycles. The Bertz CT molecular complexity index is 409. The van der Waals surface area contributed by atoms with E-state index in [1.54, 1.807) is 0 Å². The van der Waals surface area contributed by atoms with Crippen molar-refractivity contribution >= 4 is 0 Å². The molecule has 0 bridgehead atoms. The molecule has 3 rings (SSSR count). The van der Waals surface area contributed by atoms with Crippen molar-refractivity contribution in [2.75, 3.05) is 20.4 Å². The number of ether oxygens (including phenoxy) is 2. The van der Waals surface area contributed by atoms with Crippen molar-refractivity contribution in [3.8, 4) is 11.5 Å². The topological polar surface area (TPSA) is 21.7 Å². The summed E-state index contributed by atoms with van der Waals surface area (Å²) in [6, 6.07) is 4.25. The first-order valence-corrected chi connectivity index (χ1v) is 4.93. The van der Waals surface area contributed by atoms with Gasteiger partial charge in [0.15, 0.2) is 11.5 Å². The molecular formula is C11H15Cl6NO2Pt. The van der Waals surface area contributed by atoms with Crippen molar-refractivity contribution in [3.63, 3.8) is 0 Å². The van der Waals surface area contributed by atoms with Gasteiger partial charge in [0.1, 0.15) is 0 Å². The van der Waals surface area contributed by atoms with Crippen LogP contribution in [0.4, 0.5) is 0 Å². The normalized spacial score (nSPS) is 13.0. The van der Waals surface area contributed by atoms with Gasteiger partial charge in [0.2, 0.25) is 6.79 Å². The summed E-state index contributed by atoms with van der Waals surface area (Å²) in [5.74, 6) is 1.81. The SMILES string of the molecule is CN1CCc2cc3c(cc2C1)OCO3.[Cl-].[Cl-].[Cl-].[Cl-].[Cl-].[Cl-].[H+].[H+].[Pt+4]. The van der Waals surface area contributed by atoms with E-state index in [0.29, 0.717) is 6.79 Å². The van der Waals surface area contributed by atoms with Gasteiger partial charge in [-0.1, -0.05) is 0 Å². The van der Waals surface area contributed by atoms with Gasteiger partial charge in [-0.05, 0) is 36.7 Å². The first-order valence-electron chi connectivity index (χ1n) is 4.93. The fraction of sp³-hybridized carbons (Fsp3) is 0.455. The average molecular weight is 601 g/mol. The maximum Gasteiger partial charge on any atom is 4.00 e. The molecule has 0 atom stereocenters. The molecule has 3 nitrogen and oxygen atoms in total. The van der Waals surface area contributed by atoms with Crippen LogP contribution in [-0.2, 0) is 34.0 Å². The Morgan fingerprint density at radius 1 is 0.905 bits per heavy atom. The number of benzene rings is 1. The molecule has 128 valence electrons. The van der Waals surface area contributed by atoms with Crippen molar-refractivity contribution in [1.29, 1.82) is 0 Å². The third-order valence-corrected chi connectivity index (χ3v) is 2.90. The number of nitrogens with zero attached hydrogens (tertiary/aromatic N) is 1. The van der Waals surface area contributed by atoms with E-state index in [1.165, 1.54) is 11.1 Å². The minimum Gasteiger partial charge on any atom is -1.00 e. The van der Waals surface area contributed by atoms with Crippen LogP contribution in [-0.4, -0.2) is 25.3 Å². The number of halogens is 6. The van der Waals surface area contributed by atoms with Gasteiger partial charge in [0.25, 0.3) is 0 Å². The summed E-state index contributed by atoms with van der Waals surface area (Å²) < 4.78 is 10.7. The first kappa shape index (κ1) is 33.7. The first-order chi connectivity index (χ1) is 6.83. The Balaban J connectivity index is -0.0000000569. The van der Waals surface area contributed by atoms with Gasteiger partial charge in [-0.3, -0.25) is 0 Å². The third-order valence-electron chi connectivity index (χ3n) is 2.90. The quantitative estimate of drug-likeness (QED) is 0.296. The molecule has 0 aliphatic carbocycles. The molecule has 0 amide bonds. The van der Waals surface area contributed by atoms with E-state index in [9.17, 15) is 0 Å². The van der Waals surface area contributed by atoms with Crippen LogP contribution in [0.2, 0.25) is 0 Å². The van der Waals surface area contributed by atoms with Gasteiger partial charge in [-0.2, -0.15) is 0 Å². The van der Waals surface area contributed by atoms with Gasteiger partial charge in [0.05, 0.1) is 0 Å². The van der Waals surface area contributed by atoms with Crippen molar-refractivity contribution in [2.45, 2.75) is 13.0 Å². The molecule has 2 aliphatic rings. The number of likely N-dealkylation sites (N-methyl/N-ethyl adjacent to an activating group) is 1. The average Bonchev–Trinajstić information content (AvgIpc) is 2.61. The maximum absolute atomic E-state index is 5.36. The molecule has 0 aromatic heterocycles. The van der Waals surface area contributed by atoms with Crippen molar-refractivity contribution in [3.05, 3.63) is 23.3 Å². The third kappa shape index (κ3) is 7.54. The number of rotatable bonds is 0. The Hall–Kier alpha value is 1.21. The van der Waals surface area contributed by atoms with Crippen LogP contribution < -0.4 is 83.9 Å². The van der Waals surface area contributed by atoms with Gasteiger partial charge in [-0.15, -0.1) is 0 Å². The summed E-state index contributed by atoms with van der Waals surface area (Å²) in [6.07, 6.45) is 1.11. The minimum atomic E-state index is 0. The van der Waals surface area contributed by atoms with Crippen LogP contribution in [0.5, 0.6) is 11.5 Å². The van der Waals surface area contributed by atoms with E-state index in [2.05, 4.69) is 24.1 Å². The van der Waals surface area contributed by atoms with E-state index >= 15 is 0 Å². The molecule has 0 radical (unpaired) electrons. The van der Waals surface area contributed by atoms with Gasteiger partial charge in [0, 0.05) is 13.1 Å². The van der Waals surface area contributed by atoms with Crippen LogP contribution >= 0.6 is 0 Å². The monoisotopic (exact) mass is 598 g/mol. The van der Waals surface area contributed by atoms with Gasteiger partial charge >= 0.3 is 23.9 Å². The van der Waals surface area contributed by atoms with E-state index < -0.39 is 0 Å². The van der Waals surface area contributed by atoms with Crippen LogP contribution in [0.1, 0.15) is 14.0 Å². The zero-order chi connectivity index (χ0) is 9.54. The van der Waals surface area contributed by atoms with Crippen LogP contribution in [0, 0.1) is 0 Å². The molecule has 0 unspecified atom stereocenters. The van der Waals surface area contributed by atoms with E-state index in [0.717, 1.165) is 31.0 Å². The van der Waals surface area contributed by atoms with E-state index in [1.807, 2.05) is 0 Å². The Kier molecular flexibility index (Phi) is 23.7. The number of hydrogen-bond acceptors (Lipinski definition) is 3. The molecule has 2 aliphatic heterocycles. The van der Waals surface area contributed by atoms with Crippen molar-refractivity contribution in [1.82, 2.24) is 4.90 Å². The Labute approximate surface area is 180 Å². The molecule has 1 aromatic rings. The minimum absolute atomic E-state index is 0. The molecule has 0 N–H and O–H groups in total. The smallest absolute Gasteiger partial charge is 1.00 e. The summed E-state index contributed by atoms with van der Waals surface area (Å²) in [6.45, 7) is 2.52. The van der Waals surface area contributed by atoms with E-state index in [-0.39, 0.29) is 98.4 Å². The summed E-state index contributed by atoms with van der Waals surface area (Å²) >= 11 is 0. The molecule has 10 heteroatoms. The predicted molar refractivity (Wildman–Crippen MR) is 54.8 cm³/mol.